The molecule has 0 unspecified atom stereocenters. The summed E-state index contributed by atoms with van der Waals surface area (Å²) in [5.41, 5.74) is 7.93. The number of fused-ring (bicyclic) bond motifs is 3. The van der Waals surface area contributed by atoms with Crippen molar-refractivity contribution >= 4 is 21.8 Å². The molecular formula is C51H34N4. The van der Waals surface area contributed by atoms with Crippen molar-refractivity contribution < 1.29 is 11.0 Å². The van der Waals surface area contributed by atoms with Crippen molar-refractivity contribution in [1.29, 1.82) is 0 Å². The smallest absolute Gasteiger partial charge is 0.164 e. The first-order valence-corrected chi connectivity index (χ1v) is 17.9. The van der Waals surface area contributed by atoms with Crippen molar-refractivity contribution in [3.05, 3.63) is 206 Å². The molecule has 0 atom stereocenters. The summed E-state index contributed by atoms with van der Waals surface area (Å²) in [6.07, 6.45) is 0. The number of hydrogen-bond acceptors (Lipinski definition) is 3. The molecule has 55 heavy (non-hydrogen) atoms. The zero-order valence-corrected chi connectivity index (χ0v) is 29.3. The van der Waals surface area contributed by atoms with E-state index in [1.807, 2.05) is 146 Å². The van der Waals surface area contributed by atoms with Gasteiger partial charge in [0, 0.05) is 33.0 Å². The Hall–Kier alpha value is -7.43. The highest BCUT2D eigenvalue weighted by atomic mass is 15.0. The van der Waals surface area contributed by atoms with E-state index >= 15 is 0 Å². The number of aromatic nitrogens is 4. The maximum Gasteiger partial charge on any atom is 0.164 e. The van der Waals surface area contributed by atoms with Gasteiger partial charge in [-0.3, -0.25) is 0 Å². The van der Waals surface area contributed by atoms with Crippen molar-refractivity contribution in [3.63, 3.8) is 0 Å². The molecule has 0 radical (unpaired) electrons. The van der Waals surface area contributed by atoms with Gasteiger partial charge in [0.05, 0.1) is 27.7 Å². The first kappa shape index (κ1) is 24.7. The summed E-state index contributed by atoms with van der Waals surface area (Å²) in [5, 5.41) is -0.0118. The molecule has 0 fully saturated rings. The number of hydrogen-bond donors (Lipinski definition) is 0. The maximum atomic E-state index is 9.24. The van der Waals surface area contributed by atoms with E-state index in [2.05, 4.69) is 12.1 Å². The van der Waals surface area contributed by atoms with Gasteiger partial charge in [0.2, 0.25) is 0 Å². The molecule has 0 aliphatic rings. The first-order valence-electron chi connectivity index (χ1n) is 21.9. The van der Waals surface area contributed by atoms with Crippen molar-refractivity contribution in [2.75, 3.05) is 0 Å². The summed E-state index contributed by atoms with van der Waals surface area (Å²) in [7, 11) is 0. The Labute approximate surface area is 331 Å². The minimum Gasteiger partial charge on any atom is -0.309 e. The van der Waals surface area contributed by atoms with Crippen molar-refractivity contribution in [1.82, 2.24) is 19.5 Å². The molecule has 4 nitrogen and oxygen atoms in total. The highest BCUT2D eigenvalue weighted by Gasteiger charge is 2.20. The van der Waals surface area contributed by atoms with E-state index in [0.29, 0.717) is 34.3 Å². The molecule has 0 aliphatic carbocycles. The van der Waals surface area contributed by atoms with E-state index in [0.717, 1.165) is 38.9 Å². The van der Waals surface area contributed by atoms with Crippen LogP contribution in [-0.4, -0.2) is 19.5 Å². The summed E-state index contributed by atoms with van der Waals surface area (Å²) in [6, 6.07) is 47.5. The minimum absolute atomic E-state index is 0.00591. The SMILES string of the molecule is [2H]c1c([2H])c([2H])c2c(c1[2H])c1c([2H])c([2H])c([2H])c([2H])c1n2-c1cc(-c2nc(-c3ccc(-c4ccccc4)cc3)nc(-c3ccccc3-c3ccccc3)n2)ccc1-c1ccccc1. The van der Waals surface area contributed by atoms with Gasteiger partial charge in [0.1, 0.15) is 0 Å². The predicted octanol–water partition coefficient (Wildman–Crippen LogP) is 13.0. The Bertz CT molecular complexity index is 3340. The molecule has 0 N–H and O–H groups in total. The van der Waals surface area contributed by atoms with E-state index in [-0.39, 0.29) is 33.9 Å². The minimum atomic E-state index is -0.506. The molecule has 258 valence electrons. The van der Waals surface area contributed by atoms with Crippen LogP contribution >= 0.6 is 0 Å². The number of nitrogens with zero attached hydrogens (tertiary/aromatic N) is 4. The van der Waals surface area contributed by atoms with E-state index in [1.165, 1.54) is 0 Å². The van der Waals surface area contributed by atoms with Crippen molar-refractivity contribution in [2.24, 2.45) is 0 Å². The molecule has 0 aliphatic heterocycles. The molecule has 2 aromatic heterocycles. The molecule has 0 amide bonds. The first-order chi connectivity index (χ1) is 30.6. The lowest BCUT2D eigenvalue weighted by Crippen LogP contribution is -2.03. The van der Waals surface area contributed by atoms with Crippen LogP contribution in [0.3, 0.4) is 0 Å². The molecule has 4 heteroatoms. The number of benzene rings is 8. The molecule has 0 bridgehead atoms. The van der Waals surface area contributed by atoms with Crippen LogP contribution in [0.1, 0.15) is 11.0 Å². The molecule has 0 spiro atoms. The van der Waals surface area contributed by atoms with Crippen LogP contribution in [0, 0.1) is 0 Å². The normalized spacial score (nSPS) is 13.3. The monoisotopic (exact) mass is 710 g/mol. The van der Waals surface area contributed by atoms with Gasteiger partial charge < -0.3 is 4.57 Å². The van der Waals surface area contributed by atoms with Gasteiger partial charge in [-0.25, -0.2) is 15.0 Å². The topological polar surface area (TPSA) is 43.6 Å². The molecule has 0 saturated carbocycles. The Kier molecular flexibility index (Phi) is 6.23. The summed E-state index contributed by atoms with van der Waals surface area (Å²) in [6.45, 7) is 0. The van der Waals surface area contributed by atoms with Crippen LogP contribution in [0.5, 0.6) is 0 Å². The lowest BCUT2D eigenvalue weighted by atomic mass is 9.98. The predicted molar refractivity (Wildman–Crippen MR) is 227 cm³/mol. The summed E-state index contributed by atoms with van der Waals surface area (Å²) >= 11 is 0. The highest BCUT2D eigenvalue weighted by molar-refractivity contribution is 6.09. The van der Waals surface area contributed by atoms with Gasteiger partial charge in [0.25, 0.3) is 0 Å². The van der Waals surface area contributed by atoms with Crippen LogP contribution < -0.4 is 0 Å². The van der Waals surface area contributed by atoms with Gasteiger partial charge in [-0.15, -0.1) is 0 Å². The number of para-hydroxylation sites is 2. The second-order valence-corrected chi connectivity index (χ2v) is 13.0. The highest BCUT2D eigenvalue weighted by Crippen LogP contribution is 2.39. The van der Waals surface area contributed by atoms with Crippen LogP contribution in [0.2, 0.25) is 0 Å². The zero-order chi connectivity index (χ0) is 43.5. The average Bonchev–Trinajstić information content (AvgIpc) is 3.71. The Morgan fingerprint density at radius 1 is 0.345 bits per heavy atom. The maximum absolute atomic E-state index is 9.24. The third-order valence-corrected chi connectivity index (χ3v) is 9.75. The van der Waals surface area contributed by atoms with Gasteiger partial charge in [-0.1, -0.05) is 188 Å². The molecule has 8 aromatic carbocycles. The molecule has 10 aromatic rings. The summed E-state index contributed by atoms with van der Waals surface area (Å²) in [5.74, 6) is 1.16. The summed E-state index contributed by atoms with van der Waals surface area (Å²) in [4.78, 5) is 15.3. The lowest BCUT2D eigenvalue weighted by Gasteiger charge is -2.16. The van der Waals surface area contributed by atoms with Gasteiger partial charge in [-0.2, -0.15) is 0 Å². The molecule has 0 saturated heterocycles. The zero-order valence-electron chi connectivity index (χ0n) is 37.3. The van der Waals surface area contributed by atoms with Crippen molar-refractivity contribution in [3.8, 4) is 73.2 Å². The standard InChI is InChI=1S/C51H34N4/c1-4-16-35(17-5-1)36-28-30-39(31-29-36)49-52-50(54-51(53-49)45-25-11-10-22-41(45)37-18-6-2-7-19-37)40-32-33-42(38-20-8-3-9-21-38)48(34-40)55-46-26-14-12-23-43(46)44-24-13-15-27-47(44)55/h1-34H/i12D,13D,14D,15D,23D,24D,26D,27D. The third kappa shape index (κ3) is 5.96. The second-order valence-electron chi connectivity index (χ2n) is 13.0. The largest absolute Gasteiger partial charge is 0.309 e. The lowest BCUT2D eigenvalue weighted by molar-refractivity contribution is 1.07. The molecule has 2 heterocycles. The van der Waals surface area contributed by atoms with E-state index in [9.17, 15) is 2.74 Å². The fourth-order valence-corrected chi connectivity index (χ4v) is 7.12. The van der Waals surface area contributed by atoms with E-state index < -0.39 is 36.3 Å². The van der Waals surface area contributed by atoms with Gasteiger partial charge in [-0.05, 0) is 46.0 Å². The molecular weight excluding hydrogens is 669 g/mol. The van der Waals surface area contributed by atoms with Gasteiger partial charge in [0.15, 0.2) is 17.5 Å². The number of rotatable bonds is 7. The van der Waals surface area contributed by atoms with Crippen LogP contribution in [0.15, 0.2) is 206 Å². The second kappa shape index (κ2) is 13.8. The van der Waals surface area contributed by atoms with Crippen LogP contribution in [0.4, 0.5) is 0 Å². The van der Waals surface area contributed by atoms with Gasteiger partial charge >= 0.3 is 0 Å². The Balaban J connectivity index is 1.28. The van der Waals surface area contributed by atoms with Crippen molar-refractivity contribution in [2.45, 2.75) is 0 Å². The average molecular weight is 711 g/mol. The third-order valence-electron chi connectivity index (χ3n) is 9.75. The van der Waals surface area contributed by atoms with Crippen LogP contribution in [0.25, 0.3) is 95.0 Å². The molecule has 10 rings (SSSR count). The fourth-order valence-electron chi connectivity index (χ4n) is 7.12. The van der Waals surface area contributed by atoms with E-state index in [4.69, 9.17) is 23.2 Å². The quantitative estimate of drug-likeness (QED) is 0.165. The Morgan fingerprint density at radius 2 is 0.782 bits per heavy atom. The fraction of sp³-hybridized carbons (Fsp3) is 0. The Morgan fingerprint density at radius 3 is 1.40 bits per heavy atom. The summed E-state index contributed by atoms with van der Waals surface area (Å²) < 4.78 is 72.7. The van der Waals surface area contributed by atoms with Crippen LogP contribution in [-0.2, 0) is 0 Å². The van der Waals surface area contributed by atoms with E-state index in [1.54, 1.807) is 4.57 Å².